The maximum Gasteiger partial charge on any atom is 0.570 e. The Morgan fingerprint density at radius 2 is 1.74 bits per heavy atom. The van der Waals surface area contributed by atoms with Gasteiger partial charge in [0.2, 0.25) is 0 Å². The molecule has 8 atom stereocenters. The van der Waals surface area contributed by atoms with E-state index in [1.807, 2.05) is 4.98 Å². The molecule has 2 saturated heterocycles. The Morgan fingerprint density at radius 1 is 1.03 bits per heavy atom. The molecule has 9 N–H and O–H groups in total. The molecule has 39 heavy (non-hydrogen) atoms. The number of hydrogen-bond donors (Lipinski definition) is 8. The molecule has 0 aromatic carbocycles. The van der Waals surface area contributed by atoms with E-state index < -0.39 is 81.7 Å². The van der Waals surface area contributed by atoms with Crippen LogP contribution in [-0.4, -0.2) is 109 Å². The molecule has 5 heterocycles. The Labute approximate surface area is 217 Å². The van der Waals surface area contributed by atoms with E-state index >= 15 is 0 Å². The van der Waals surface area contributed by atoms with Crippen LogP contribution in [0, 0.1) is 0 Å². The van der Waals surface area contributed by atoms with E-state index in [2.05, 4.69) is 15.0 Å². The van der Waals surface area contributed by atoms with Gasteiger partial charge in [-0.25, -0.2) is 19.7 Å². The number of anilines is 1. The Balaban J connectivity index is 1.26. The lowest BCUT2D eigenvalue weighted by atomic mass is 10.1. The molecule has 5 rings (SSSR count). The molecule has 2 aliphatic heterocycles. The molecule has 0 aliphatic carbocycles. The number of nitrogen functional groups attached to an aromatic ring is 1. The van der Waals surface area contributed by atoms with Gasteiger partial charge >= 0.3 is 13.9 Å². The molecule has 0 amide bonds. The van der Waals surface area contributed by atoms with Crippen molar-refractivity contribution in [1.29, 1.82) is 0 Å². The van der Waals surface area contributed by atoms with E-state index in [0.717, 1.165) is 16.8 Å². The van der Waals surface area contributed by atoms with Gasteiger partial charge in [-0.2, -0.15) is 14.3 Å². The van der Waals surface area contributed by atoms with E-state index in [1.54, 1.807) is 0 Å². The maximum absolute atomic E-state index is 12.0. The van der Waals surface area contributed by atoms with Gasteiger partial charge in [0, 0.05) is 12.3 Å². The van der Waals surface area contributed by atoms with Gasteiger partial charge < -0.3 is 35.6 Å². The van der Waals surface area contributed by atoms with Crippen LogP contribution in [0.1, 0.15) is 12.5 Å². The van der Waals surface area contributed by atoms with Crippen LogP contribution in [0.5, 0.6) is 0 Å². The second-order valence-corrected chi connectivity index (χ2v) is 10.2. The number of aromatic amines is 1. The van der Waals surface area contributed by atoms with Crippen LogP contribution in [0.2, 0.25) is 0 Å². The van der Waals surface area contributed by atoms with Crippen LogP contribution < -0.4 is 17.0 Å². The first-order valence-electron chi connectivity index (χ1n) is 11.4. The predicted molar refractivity (Wildman–Crippen MR) is 126 cm³/mol. The molecule has 2 fully saturated rings. The summed E-state index contributed by atoms with van der Waals surface area (Å²) < 4.78 is 23.5. The number of H-pyrrole nitrogens is 1. The van der Waals surface area contributed by atoms with Crippen molar-refractivity contribution in [3.8, 4) is 0 Å². The minimum absolute atomic E-state index is 0.0795. The number of ether oxygens (including phenoxy) is 2. The van der Waals surface area contributed by atoms with Crippen LogP contribution in [0.4, 0.5) is 5.82 Å². The number of hydrogen-bond acceptors (Lipinski definition) is 16. The first kappa shape index (κ1) is 27.6. The van der Waals surface area contributed by atoms with Crippen molar-refractivity contribution in [1.82, 2.24) is 29.1 Å². The summed E-state index contributed by atoms with van der Waals surface area (Å²) in [4.78, 5) is 58.1. The average molecular weight is 574 g/mol. The number of aromatic nitrogens is 6. The Hall–Kier alpha value is -2.94. The summed E-state index contributed by atoms with van der Waals surface area (Å²) in [6.45, 7) is -1.42. The third-order valence-electron chi connectivity index (χ3n) is 6.28. The first-order valence-corrected chi connectivity index (χ1v) is 12.9. The van der Waals surface area contributed by atoms with Crippen molar-refractivity contribution in [3.05, 3.63) is 45.8 Å². The van der Waals surface area contributed by atoms with Crippen LogP contribution >= 0.6 is 8.17 Å². The van der Waals surface area contributed by atoms with E-state index in [1.165, 1.54) is 17.2 Å². The molecule has 0 bridgehead atoms. The van der Waals surface area contributed by atoms with Crippen molar-refractivity contribution in [3.63, 3.8) is 0 Å². The Kier molecular flexibility index (Phi) is 7.48. The average Bonchev–Trinajstić information content (AvgIpc) is 3.53. The Morgan fingerprint density at radius 3 is 2.46 bits per heavy atom. The van der Waals surface area contributed by atoms with Crippen LogP contribution in [0.15, 0.2) is 34.5 Å². The number of aliphatic hydroxyl groups excluding tert-OH is 4. The molecule has 0 radical (unpaired) electrons. The van der Waals surface area contributed by atoms with E-state index in [4.69, 9.17) is 24.3 Å². The molecular weight excluding hydrogens is 549 g/mol. The highest BCUT2D eigenvalue weighted by Gasteiger charge is 2.56. The highest BCUT2D eigenvalue weighted by atomic mass is 31.2. The lowest BCUT2D eigenvalue weighted by Crippen LogP contribution is -2.38. The highest BCUT2D eigenvalue weighted by molar-refractivity contribution is 7.54. The number of imidazole rings is 1. The molecule has 19 nitrogen and oxygen atoms in total. The fraction of sp³-hybridized carbons (Fsp3) is 0.526. The molecular formula is C19H25N7O12P+. The highest BCUT2D eigenvalue weighted by Crippen LogP contribution is 2.56. The first-order chi connectivity index (χ1) is 18.5. The Bertz CT molecular complexity index is 1450. The van der Waals surface area contributed by atoms with Crippen molar-refractivity contribution >= 4 is 25.2 Å². The van der Waals surface area contributed by atoms with Gasteiger partial charge in [0.1, 0.15) is 49.0 Å². The monoisotopic (exact) mass is 574 g/mol. The quantitative estimate of drug-likeness (QED) is 0.119. The van der Waals surface area contributed by atoms with Gasteiger partial charge in [-0.1, -0.05) is 0 Å². The molecule has 3 aromatic rings. The molecule has 212 valence electrons. The van der Waals surface area contributed by atoms with E-state index in [9.17, 15) is 39.8 Å². The summed E-state index contributed by atoms with van der Waals surface area (Å²) in [5.74, 6) is 0.0795. The minimum Gasteiger partial charge on any atom is -0.394 e. The van der Waals surface area contributed by atoms with Crippen LogP contribution in [-0.2, 0) is 18.5 Å². The van der Waals surface area contributed by atoms with Gasteiger partial charge in [-0.15, -0.1) is 4.52 Å². The van der Waals surface area contributed by atoms with Gasteiger partial charge in [0.25, 0.3) is 5.56 Å². The lowest BCUT2D eigenvalue weighted by molar-refractivity contribution is -0.0654. The second kappa shape index (κ2) is 10.6. The molecule has 3 aromatic heterocycles. The minimum atomic E-state index is -4.76. The van der Waals surface area contributed by atoms with Gasteiger partial charge in [-0.3, -0.25) is 18.9 Å². The smallest absolute Gasteiger partial charge is 0.394 e. The summed E-state index contributed by atoms with van der Waals surface area (Å²) in [6, 6.07) is 1.01. The third-order valence-corrected chi connectivity index (χ3v) is 7.28. The standard InChI is InChI=1S/C19H24N7O12P/c20-15-10-16(22-5-21-15)26(6-23-10)18-13(31)14(7(3-27)36-18)38-39(33,34)35-4-8-11(29)12(30)17(37-8)25-2-1-9(28)24-19(25)32/h1-2,5-8,11-14,17-18,27,29-31,33-34H,3-4H2,(H2-,20,21,22,24,28,32)/p+1/t7-,8-,11-,12-,13-,14-,17-,18-/m1/s1. The normalized spacial score (nSPS) is 31.3. The zero-order chi connectivity index (χ0) is 28.1. The third kappa shape index (κ3) is 5.17. The number of fused-ring (bicyclic) bond motifs is 1. The topological polar surface area (TPSA) is 283 Å². The number of aliphatic hydroxyl groups is 4. The summed E-state index contributed by atoms with van der Waals surface area (Å²) in [5.41, 5.74) is 4.62. The second-order valence-electron chi connectivity index (χ2n) is 8.74. The van der Waals surface area contributed by atoms with Crippen LogP contribution in [0.3, 0.4) is 0 Å². The summed E-state index contributed by atoms with van der Waals surface area (Å²) in [7, 11) is -4.76. The summed E-state index contributed by atoms with van der Waals surface area (Å²) in [5, 5.41) is 41.3. The van der Waals surface area contributed by atoms with Gasteiger partial charge in [0.15, 0.2) is 30.0 Å². The zero-order valence-electron chi connectivity index (χ0n) is 19.7. The fourth-order valence-corrected chi connectivity index (χ4v) is 5.35. The van der Waals surface area contributed by atoms with Crippen LogP contribution in [0.25, 0.3) is 11.2 Å². The van der Waals surface area contributed by atoms with Crippen molar-refractivity contribution in [2.75, 3.05) is 18.9 Å². The largest absolute Gasteiger partial charge is 0.570 e. The SMILES string of the molecule is Nc1ncnc2c1ncn2[C@@H]1O[C@H](CO)[C@@H](O[P+](O)(O)OC[C@H]2O[C@@H](n3ccc(=O)[nH]c3=O)[C@H](O)[C@@H]2O)[C@H]1O. The maximum atomic E-state index is 12.0. The molecule has 0 saturated carbocycles. The van der Waals surface area contributed by atoms with E-state index in [0.29, 0.717) is 0 Å². The fourth-order valence-electron chi connectivity index (χ4n) is 4.37. The number of rotatable bonds is 8. The van der Waals surface area contributed by atoms with Crippen molar-refractivity contribution in [2.24, 2.45) is 0 Å². The number of nitrogens with one attached hydrogen (secondary N) is 1. The van der Waals surface area contributed by atoms with E-state index in [-0.39, 0.29) is 17.0 Å². The predicted octanol–water partition coefficient (Wildman–Crippen LogP) is -4.11. The molecule has 0 spiro atoms. The zero-order valence-corrected chi connectivity index (χ0v) is 20.6. The molecule has 2 aliphatic rings. The number of nitrogens with two attached hydrogens (primary N) is 1. The van der Waals surface area contributed by atoms with Crippen molar-refractivity contribution < 1.29 is 48.7 Å². The lowest BCUT2D eigenvalue weighted by Gasteiger charge is -2.21. The molecule has 0 unspecified atom stereocenters. The summed E-state index contributed by atoms with van der Waals surface area (Å²) >= 11 is 0. The van der Waals surface area contributed by atoms with Crippen molar-refractivity contribution in [2.45, 2.75) is 49.1 Å². The van der Waals surface area contributed by atoms with Gasteiger partial charge in [-0.05, 0) is 0 Å². The number of nitrogens with zero attached hydrogens (tertiary/aromatic N) is 5. The summed E-state index contributed by atoms with van der Waals surface area (Å²) in [6.07, 6.45) is -8.10. The van der Waals surface area contributed by atoms with Gasteiger partial charge in [0.05, 0.1) is 12.9 Å². The molecule has 20 heteroatoms.